The lowest BCUT2D eigenvalue weighted by Crippen LogP contribution is -2.15. The minimum absolute atomic E-state index is 0.00173. The molecule has 1 aromatic heterocycles. The van der Waals surface area contributed by atoms with Crippen LogP contribution >= 0.6 is 11.8 Å². The Kier molecular flexibility index (Phi) is 5.30. The van der Waals surface area contributed by atoms with E-state index in [0.717, 1.165) is 24.4 Å². The van der Waals surface area contributed by atoms with Gasteiger partial charge in [0.2, 0.25) is 11.1 Å². The molecule has 1 aliphatic carbocycles. The predicted molar refractivity (Wildman–Crippen MR) is 111 cm³/mol. The number of nitrogens with one attached hydrogen (secondary N) is 1. The normalized spacial score (nSPS) is 13.3. The number of nitrogens with zero attached hydrogens (tertiary/aromatic N) is 4. The molecule has 0 saturated heterocycles. The highest BCUT2D eigenvalue weighted by atomic mass is 32.2. The van der Waals surface area contributed by atoms with Gasteiger partial charge < -0.3 is 5.32 Å². The quantitative estimate of drug-likeness (QED) is 0.358. The number of nitro benzene ring substituents is 1. The van der Waals surface area contributed by atoms with E-state index in [2.05, 4.69) is 15.4 Å². The van der Waals surface area contributed by atoms with Gasteiger partial charge in [-0.25, -0.2) is 9.67 Å². The summed E-state index contributed by atoms with van der Waals surface area (Å²) in [6, 6.07) is 14.2. The van der Waals surface area contributed by atoms with Gasteiger partial charge >= 0.3 is 0 Å². The standard InChI is InChI=1S/C20H19N5O3S/c1-13-11-16(25(27)28)9-10-17(13)21-18(26)12-29-20-22-19(14-7-8-14)24(23-20)15-5-3-2-4-6-15/h2-6,9-11,14H,7-8,12H2,1H3,(H,21,26). The first-order valence-electron chi connectivity index (χ1n) is 9.21. The van der Waals surface area contributed by atoms with Crippen LogP contribution < -0.4 is 5.32 Å². The third-order valence-electron chi connectivity index (χ3n) is 4.58. The molecular weight excluding hydrogens is 390 g/mol. The molecule has 1 aliphatic rings. The minimum Gasteiger partial charge on any atom is -0.325 e. The second-order valence-corrected chi connectivity index (χ2v) is 7.81. The van der Waals surface area contributed by atoms with Crippen molar-refractivity contribution in [3.05, 3.63) is 70.0 Å². The maximum absolute atomic E-state index is 12.3. The van der Waals surface area contributed by atoms with Gasteiger partial charge in [0.25, 0.3) is 5.69 Å². The maximum atomic E-state index is 12.3. The number of thioether (sulfide) groups is 1. The molecule has 148 valence electrons. The zero-order chi connectivity index (χ0) is 20.4. The maximum Gasteiger partial charge on any atom is 0.269 e. The number of benzene rings is 2. The van der Waals surface area contributed by atoms with Gasteiger partial charge in [-0.1, -0.05) is 30.0 Å². The fourth-order valence-corrected chi connectivity index (χ4v) is 3.58. The summed E-state index contributed by atoms with van der Waals surface area (Å²) in [6.07, 6.45) is 2.21. The molecule has 4 rings (SSSR count). The van der Waals surface area contributed by atoms with Gasteiger partial charge in [-0.15, -0.1) is 5.10 Å². The summed E-state index contributed by atoms with van der Waals surface area (Å²) in [7, 11) is 0. The second kappa shape index (κ2) is 8.04. The van der Waals surface area contributed by atoms with E-state index < -0.39 is 4.92 Å². The van der Waals surface area contributed by atoms with E-state index in [1.807, 2.05) is 35.0 Å². The first-order chi connectivity index (χ1) is 14.0. The van der Waals surface area contributed by atoms with Crippen molar-refractivity contribution in [1.29, 1.82) is 0 Å². The van der Waals surface area contributed by atoms with Gasteiger partial charge in [0.15, 0.2) is 0 Å². The van der Waals surface area contributed by atoms with Crippen molar-refractivity contribution >= 4 is 29.0 Å². The lowest BCUT2D eigenvalue weighted by Gasteiger charge is -2.07. The predicted octanol–water partition coefficient (Wildman–Crippen LogP) is 4.09. The molecule has 0 unspecified atom stereocenters. The van der Waals surface area contributed by atoms with Crippen LogP contribution in [0.3, 0.4) is 0 Å². The summed E-state index contributed by atoms with van der Waals surface area (Å²) in [6.45, 7) is 1.72. The lowest BCUT2D eigenvalue weighted by molar-refractivity contribution is -0.384. The molecule has 0 aliphatic heterocycles. The summed E-state index contributed by atoms with van der Waals surface area (Å²) in [5.74, 6) is 1.30. The Bertz CT molecular complexity index is 1060. The minimum atomic E-state index is -0.458. The number of anilines is 1. The van der Waals surface area contributed by atoms with Crippen molar-refractivity contribution in [2.24, 2.45) is 0 Å². The highest BCUT2D eigenvalue weighted by molar-refractivity contribution is 7.99. The average molecular weight is 409 g/mol. The first kappa shape index (κ1) is 19.1. The number of hydrogen-bond acceptors (Lipinski definition) is 6. The van der Waals surface area contributed by atoms with Crippen LogP contribution in [-0.2, 0) is 4.79 Å². The van der Waals surface area contributed by atoms with Crippen LogP contribution in [0.1, 0.15) is 30.1 Å². The van der Waals surface area contributed by atoms with Crippen LogP contribution in [0.25, 0.3) is 5.69 Å². The van der Waals surface area contributed by atoms with Crippen LogP contribution in [0.4, 0.5) is 11.4 Å². The Hall–Kier alpha value is -3.20. The molecular formula is C20H19N5O3S. The van der Waals surface area contributed by atoms with Crippen LogP contribution in [-0.4, -0.2) is 31.3 Å². The summed E-state index contributed by atoms with van der Waals surface area (Å²) in [5.41, 5.74) is 2.15. The molecule has 1 heterocycles. The molecule has 0 atom stereocenters. The molecule has 2 aromatic carbocycles. The van der Waals surface area contributed by atoms with E-state index in [9.17, 15) is 14.9 Å². The molecule has 0 spiro atoms. The topological polar surface area (TPSA) is 103 Å². The van der Waals surface area contributed by atoms with Gasteiger partial charge in [-0.3, -0.25) is 14.9 Å². The number of non-ortho nitro benzene ring substituents is 1. The number of rotatable bonds is 7. The highest BCUT2D eigenvalue weighted by Gasteiger charge is 2.30. The number of carbonyl (C=O) groups is 1. The zero-order valence-corrected chi connectivity index (χ0v) is 16.6. The summed E-state index contributed by atoms with van der Waals surface area (Å²) in [5, 5.41) is 18.8. The Labute approximate surface area is 171 Å². The van der Waals surface area contributed by atoms with Gasteiger partial charge in [-0.05, 0) is 43.5 Å². The van der Waals surface area contributed by atoms with Crippen LogP contribution in [0, 0.1) is 17.0 Å². The van der Waals surface area contributed by atoms with Crippen LogP contribution in [0.5, 0.6) is 0 Å². The van der Waals surface area contributed by atoms with E-state index in [1.165, 1.54) is 23.9 Å². The first-order valence-corrected chi connectivity index (χ1v) is 10.2. The molecule has 8 nitrogen and oxygen atoms in total. The fourth-order valence-electron chi connectivity index (χ4n) is 2.95. The molecule has 1 N–H and O–H groups in total. The molecule has 1 saturated carbocycles. The Morgan fingerprint density at radius 3 is 2.69 bits per heavy atom. The third-order valence-corrected chi connectivity index (χ3v) is 5.42. The van der Waals surface area contributed by atoms with Gasteiger partial charge in [0, 0.05) is 23.7 Å². The smallest absolute Gasteiger partial charge is 0.269 e. The zero-order valence-electron chi connectivity index (χ0n) is 15.7. The number of para-hydroxylation sites is 1. The van der Waals surface area contributed by atoms with Crippen molar-refractivity contribution in [3.63, 3.8) is 0 Å². The van der Waals surface area contributed by atoms with Crippen molar-refractivity contribution in [2.75, 3.05) is 11.1 Å². The third kappa shape index (κ3) is 4.45. The van der Waals surface area contributed by atoms with Crippen molar-refractivity contribution < 1.29 is 9.72 Å². The van der Waals surface area contributed by atoms with Crippen LogP contribution in [0.15, 0.2) is 53.7 Å². The Morgan fingerprint density at radius 2 is 2.03 bits per heavy atom. The van der Waals surface area contributed by atoms with E-state index in [0.29, 0.717) is 22.3 Å². The fraction of sp³-hybridized carbons (Fsp3) is 0.250. The number of aryl methyl sites for hydroxylation is 1. The van der Waals surface area contributed by atoms with Gasteiger partial charge in [0.05, 0.1) is 16.4 Å². The molecule has 1 amide bonds. The number of nitro groups is 1. The molecule has 9 heteroatoms. The van der Waals surface area contributed by atoms with Crippen molar-refractivity contribution in [2.45, 2.75) is 30.8 Å². The average Bonchev–Trinajstić information content (AvgIpc) is 3.47. The largest absolute Gasteiger partial charge is 0.325 e. The SMILES string of the molecule is Cc1cc([N+](=O)[O-])ccc1NC(=O)CSc1nc(C2CC2)n(-c2ccccc2)n1. The van der Waals surface area contributed by atoms with E-state index in [-0.39, 0.29) is 17.3 Å². The molecule has 0 radical (unpaired) electrons. The summed E-state index contributed by atoms with van der Waals surface area (Å²) >= 11 is 1.27. The summed E-state index contributed by atoms with van der Waals surface area (Å²) in [4.78, 5) is 27.3. The lowest BCUT2D eigenvalue weighted by atomic mass is 10.2. The molecule has 0 bridgehead atoms. The van der Waals surface area contributed by atoms with Crippen LogP contribution in [0.2, 0.25) is 0 Å². The second-order valence-electron chi connectivity index (χ2n) is 6.87. The van der Waals surface area contributed by atoms with Crippen molar-refractivity contribution in [3.8, 4) is 5.69 Å². The number of amides is 1. The van der Waals surface area contributed by atoms with Gasteiger partial charge in [0.1, 0.15) is 5.82 Å². The van der Waals surface area contributed by atoms with E-state index >= 15 is 0 Å². The molecule has 3 aromatic rings. The van der Waals surface area contributed by atoms with E-state index in [4.69, 9.17) is 0 Å². The summed E-state index contributed by atoms with van der Waals surface area (Å²) < 4.78 is 1.86. The molecule has 1 fully saturated rings. The number of carbonyl (C=O) groups excluding carboxylic acids is 1. The highest BCUT2D eigenvalue weighted by Crippen LogP contribution is 2.40. The Balaban J connectivity index is 1.43. The van der Waals surface area contributed by atoms with Crippen molar-refractivity contribution in [1.82, 2.24) is 14.8 Å². The number of aromatic nitrogens is 3. The van der Waals surface area contributed by atoms with E-state index in [1.54, 1.807) is 13.0 Å². The monoisotopic (exact) mass is 409 g/mol. The number of hydrogen-bond donors (Lipinski definition) is 1. The Morgan fingerprint density at radius 1 is 1.28 bits per heavy atom. The molecule has 29 heavy (non-hydrogen) atoms. The van der Waals surface area contributed by atoms with Gasteiger partial charge in [-0.2, -0.15) is 0 Å².